The third-order valence-electron chi connectivity index (χ3n) is 5.93. The van der Waals surface area contributed by atoms with Crippen LogP contribution >= 0.6 is 0 Å². The van der Waals surface area contributed by atoms with Gasteiger partial charge in [-0.25, -0.2) is 4.99 Å². The number of nitriles is 1. The summed E-state index contributed by atoms with van der Waals surface area (Å²) in [7, 11) is 0. The van der Waals surface area contributed by atoms with Crippen molar-refractivity contribution in [3.8, 4) is 6.07 Å². The number of anilines is 2. The van der Waals surface area contributed by atoms with E-state index in [0.717, 1.165) is 28.6 Å². The van der Waals surface area contributed by atoms with E-state index < -0.39 is 28.8 Å². The number of aliphatic hydroxyl groups is 2. The summed E-state index contributed by atoms with van der Waals surface area (Å²) in [6.07, 6.45) is -1.11. The lowest BCUT2D eigenvalue weighted by Gasteiger charge is -2.39. The first kappa shape index (κ1) is 23.5. The lowest BCUT2D eigenvalue weighted by molar-refractivity contribution is -0.185. The molecule has 34 heavy (non-hydrogen) atoms. The number of aliphatic imine (C=N–C) groups is 1. The van der Waals surface area contributed by atoms with Crippen LogP contribution in [0, 0.1) is 11.3 Å². The SMILES string of the molecule is CC1(C)N(c2ccc(C#N)c(C(F)(F)F)c2)C(CCNc2ccc3cnccc3c2)=NC1(O)O. The van der Waals surface area contributed by atoms with Crippen LogP contribution in [0.5, 0.6) is 0 Å². The Morgan fingerprint density at radius 3 is 2.56 bits per heavy atom. The molecule has 10 heteroatoms. The van der Waals surface area contributed by atoms with Crippen LogP contribution in [-0.2, 0) is 6.18 Å². The van der Waals surface area contributed by atoms with Crippen LogP contribution in [0.2, 0.25) is 0 Å². The van der Waals surface area contributed by atoms with Crippen molar-refractivity contribution in [2.45, 2.75) is 37.9 Å². The fraction of sp³-hybridized carbons (Fsp3) is 0.292. The third-order valence-corrected chi connectivity index (χ3v) is 5.93. The minimum Gasteiger partial charge on any atom is -0.385 e. The molecule has 3 aromatic rings. The number of aromatic nitrogens is 1. The first-order valence-electron chi connectivity index (χ1n) is 10.5. The summed E-state index contributed by atoms with van der Waals surface area (Å²) < 4.78 is 40.6. The molecule has 0 saturated heterocycles. The number of nitrogens with zero attached hydrogens (tertiary/aromatic N) is 4. The average molecular weight is 469 g/mol. The summed E-state index contributed by atoms with van der Waals surface area (Å²) in [4.78, 5) is 9.45. The van der Waals surface area contributed by atoms with Crippen molar-refractivity contribution in [2.24, 2.45) is 4.99 Å². The van der Waals surface area contributed by atoms with Gasteiger partial charge in [-0.1, -0.05) is 6.07 Å². The zero-order valence-corrected chi connectivity index (χ0v) is 18.4. The quantitative estimate of drug-likeness (QED) is 0.483. The smallest absolute Gasteiger partial charge is 0.385 e. The van der Waals surface area contributed by atoms with Crippen molar-refractivity contribution in [3.05, 3.63) is 66.0 Å². The Labute approximate surface area is 193 Å². The van der Waals surface area contributed by atoms with E-state index in [2.05, 4.69) is 15.3 Å². The molecule has 0 amide bonds. The molecule has 3 N–H and O–H groups in total. The van der Waals surface area contributed by atoms with Gasteiger partial charge in [0.2, 0.25) is 0 Å². The second kappa shape index (κ2) is 8.27. The van der Waals surface area contributed by atoms with Crippen molar-refractivity contribution in [3.63, 3.8) is 0 Å². The highest BCUT2D eigenvalue weighted by Crippen LogP contribution is 2.41. The Hall–Kier alpha value is -3.68. The zero-order valence-electron chi connectivity index (χ0n) is 18.4. The molecule has 1 aromatic heterocycles. The van der Waals surface area contributed by atoms with Gasteiger partial charge in [0.05, 0.1) is 17.2 Å². The van der Waals surface area contributed by atoms with Crippen molar-refractivity contribution < 1.29 is 23.4 Å². The van der Waals surface area contributed by atoms with Gasteiger partial charge < -0.3 is 20.4 Å². The molecular weight excluding hydrogens is 447 g/mol. The molecule has 1 aliphatic heterocycles. The van der Waals surface area contributed by atoms with Crippen LogP contribution in [0.25, 0.3) is 10.8 Å². The highest BCUT2D eigenvalue weighted by molar-refractivity contribution is 6.02. The van der Waals surface area contributed by atoms with E-state index in [4.69, 9.17) is 5.26 Å². The number of hydrogen-bond acceptors (Lipinski definition) is 7. The van der Waals surface area contributed by atoms with Gasteiger partial charge in [0.25, 0.3) is 5.91 Å². The molecule has 0 bridgehead atoms. The van der Waals surface area contributed by atoms with E-state index in [0.29, 0.717) is 6.54 Å². The molecule has 0 aliphatic carbocycles. The minimum atomic E-state index is -4.75. The van der Waals surface area contributed by atoms with Gasteiger partial charge >= 0.3 is 6.18 Å². The third kappa shape index (κ3) is 4.16. The van der Waals surface area contributed by atoms with Crippen LogP contribution in [0.1, 0.15) is 31.4 Å². The van der Waals surface area contributed by atoms with E-state index >= 15 is 0 Å². The van der Waals surface area contributed by atoms with Crippen LogP contribution in [0.3, 0.4) is 0 Å². The normalized spacial score (nSPS) is 16.9. The number of pyridine rings is 1. The number of fused-ring (bicyclic) bond motifs is 1. The summed E-state index contributed by atoms with van der Waals surface area (Å²) in [5.41, 5.74) is -2.20. The van der Waals surface area contributed by atoms with E-state index in [1.54, 1.807) is 18.5 Å². The predicted octanol–water partition coefficient (Wildman–Crippen LogP) is 4.26. The van der Waals surface area contributed by atoms with E-state index in [1.165, 1.54) is 24.8 Å². The van der Waals surface area contributed by atoms with Gasteiger partial charge in [0, 0.05) is 42.1 Å². The van der Waals surface area contributed by atoms with Gasteiger partial charge in [0.1, 0.15) is 11.4 Å². The van der Waals surface area contributed by atoms with Gasteiger partial charge in [-0.15, -0.1) is 0 Å². The molecule has 0 saturated carbocycles. The molecule has 0 unspecified atom stereocenters. The molecule has 0 atom stereocenters. The van der Waals surface area contributed by atoms with E-state index in [9.17, 15) is 23.4 Å². The summed E-state index contributed by atoms with van der Waals surface area (Å²) in [5, 5.41) is 35.3. The van der Waals surface area contributed by atoms with Gasteiger partial charge in [-0.05, 0) is 55.6 Å². The number of hydrogen-bond donors (Lipinski definition) is 3. The molecule has 4 rings (SSSR count). The first-order valence-corrected chi connectivity index (χ1v) is 10.5. The fourth-order valence-electron chi connectivity index (χ4n) is 3.99. The summed E-state index contributed by atoms with van der Waals surface area (Å²) in [6.45, 7) is 3.28. The van der Waals surface area contributed by atoms with E-state index in [-0.39, 0.29) is 17.9 Å². The number of halogens is 3. The van der Waals surface area contributed by atoms with Crippen LogP contribution in [0.4, 0.5) is 24.5 Å². The Balaban J connectivity index is 1.61. The fourth-order valence-corrected chi connectivity index (χ4v) is 3.99. The second-order valence-electron chi connectivity index (χ2n) is 8.51. The Kier molecular flexibility index (Phi) is 5.71. The maximum Gasteiger partial charge on any atom is 0.417 e. The van der Waals surface area contributed by atoms with E-state index in [1.807, 2.05) is 24.3 Å². The molecule has 176 valence electrons. The van der Waals surface area contributed by atoms with Crippen molar-refractivity contribution in [1.82, 2.24) is 4.98 Å². The standard InChI is InChI=1S/C24H22F3N5O2/c1-22(2)24(33,34)31-21(8-10-30-18-5-3-17-14-29-9-7-15(17)11-18)32(22)19-6-4-16(13-28)20(12-19)23(25,26)27/h3-7,9,11-12,14,30,33-34H,8,10H2,1-2H3. The molecule has 2 aromatic carbocycles. The Morgan fingerprint density at radius 2 is 1.85 bits per heavy atom. The Morgan fingerprint density at radius 1 is 1.09 bits per heavy atom. The molecule has 1 aliphatic rings. The van der Waals surface area contributed by atoms with Crippen LogP contribution in [-0.4, -0.2) is 39.0 Å². The molecule has 2 heterocycles. The minimum absolute atomic E-state index is 0.0539. The summed E-state index contributed by atoms with van der Waals surface area (Å²) in [5.74, 6) is -2.32. The molecule has 0 spiro atoms. The predicted molar refractivity (Wildman–Crippen MR) is 122 cm³/mol. The first-order chi connectivity index (χ1) is 15.9. The van der Waals surface area contributed by atoms with Gasteiger partial charge in [-0.2, -0.15) is 18.4 Å². The second-order valence-corrected chi connectivity index (χ2v) is 8.51. The van der Waals surface area contributed by atoms with Gasteiger partial charge in [0.15, 0.2) is 0 Å². The summed E-state index contributed by atoms with van der Waals surface area (Å²) >= 11 is 0. The lowest BCUT2D eigenvalue weighted by atomic mass is 9.97. The van der Waals surface area contributed by atoms with Gasteiger partial charge in [-0.3, -0.25) is 4.98 Å². The highest BCUT2D eigenvalue weighted by atomic mass is 19.4. The van der Waals surface area contributed by atoms with Crippen molar-refractivity contribution in [1.29, 1.82) is 5.26 Å². The number of amidine groups is 1. The number of alkyl halides is 3. The van der Waals surface area contributed by atoms with Crippen molar-refractivity contribution in [2.75, 3.05) is 16.8 Å². The monoisotopic (exact) mass is 469 g/mol. The molecule has 0 radical (unpaired) electrons. The lowest BCUT2D eigenvalue weighted by Crippen LogP contribution is -2.56. The zero-order chi connectivity index (χ0) is 24.7. The Bertz CT molecular complexity index is 1310. The average Bonchev–Trinajstić information content (AvgIpc) is 2.96. The number of benzene rings is 2. The summed E-state index contributed by atoms with van der Waals surface area (Å²) in [6, 6.07) is 12.4. The highest BCUT2D eigenvalue weighted by Gasteiger charge is 2.54. The van der Waals surface area contributed by atoms with Crippen LogP contribution in [0.15, 0.2) is 59.9 Å². The van der Waals surface area contributed by atoms with Crippen molar-refractivity contribution >= 4 is 28.0 Å². The molecule has 0 fully saturated rings. The number of rotatable bonds is 5. The topological polar surface area (TPSA) is 105 Å². The van der Waals surface area contributed by atoms with Crippen LogP contribution < -0.4 is 10.2 Å². The largest absolute Gasteiger partial charge is 0.417 e. The maximum atomic E-state index is 13.5. The molecular formula is C24H22F3N5O2. The molecule has 7 nitrogen and oxygen atoms in total. The number of nitrogens with one attached hydrogen (secondary N) is 1. The maximum absolute atomic E-state index is 13.5.